The van der Waals surface area contributed by atoms with E-state index in [9.17, 15) is 0 Å². The highest BCUT2D eigenvalue weighted by Crippen LogP contribution is 2.11. The van der Waals surface area contributed by atoms with Gasteiger partial charge in [-0.3, -0.25) is 0 Å². The molecule has 0 nitrogen and oxygen atoms in total. The molecule has 0 saturated heterocycles. The summed E-state index contributed by atoms with van der Waals surface area (Å²) >= 11 is 0. The molecule has 0 aromatic rings. The second-order valence-electron chi connectivity index (χ2n) is 8.72. The minimum Gasteiger partial charge on any atom is -0.103 e. The Hall–Kier alpha value is -0.880. The molecule has 0 bridgehead atoms. The average molecular weight is 401 g/mol. The molecule has 0 rings (SSSR count). The van der Waals surface area contributed by atoms with Crippen molar-refractivity contribution >= 4 is 0 Å². The van der Waals surface area contributed by atoms with E-state index in [-0.39, 0.29) is 0 Å². The topological polar surface area (TPSA) is 0 Å². The Balaban J connectivity index is 3.15. The van der Waals surface area contributed by atoms with Crippen molar-refractivity contribution in [2.75, 3.05) is 0 Å². The predicted molar refractivity (Wildman–Crippen MR) is 133 cm³/mol. The van der Waals surface area contributed by atoms with Crippen LogP contribution in [-0.2, 0) is 0 Å². The van der Waals surface area contributed by atoms with Gasteiger partial charge >= 0.3 is 0 Å². The van der Waals surface area contributed by atoms with Crippen LogP contribution in [0.1, 0.15) is 162 Å². The van der Waals surface area contributed by atoms with Crippen molar-refractivity contribution in [1.29, 1.82) is 0 Å². The monoisotopic (exact) mass is 400 g/mol. The van der Waals surface area contributed by atoms with Gasteiger partial charge in [0.05, 0.1) is 0 Å². The van der Waals surface area contributed by atoms with Crippen molar-refractivity contribution in [2.45, 2.75) is 162 Å². The summed E-state index contributed by atoms with van der Waals surface area (Å²) in [4.78, 5) is 0. The second-order valence-corrected chi connectivity index (χ2v) is 8.72. The molecule has 168 valence electrons. The zero-order valence-corrected chi connectivity index (χ0v) is 20.3. The third-order valence-electron chi connectivity index (χ3n) is 5.66. The molecule has 0 spiro atoms. The Morgan fingerprint density at radius 1 is 0.276 bits per heavy atom. The SMILES string of the molecule is CCCCCCCC#CCCCCCCCCCCC#CCCCCCCCC. The quantitative estimate of drug-likeness (QED) is 0.141. The van der Waals surface area contributed by atoms with Gasteiger partial charge in [-0.1, -0.05) is 110 Å². The lowest BCUT2D eigenvalue weighted by Gasteiger charge is -2.00. The number of unbranched alkanes of at least 4 members (excludes halogenated alkanes) is 20. The van der Waals surface area contributed by atoms with Gasteiger partial charge in [-0.25, -0.2) is 0 Å². The summed E-state index contributed by atoms with van der Waals surface area (Å²) in [6, 6.07) is 0. The van der Waals surface area contributed by atoms with Crippen LogP contribution in [-0.4, -0.2) is 0 Å². The summed E-state index contributed by atoms with van der Waals surface area (Å²) < 4.78 is 0. The molecule has 0 radical (unpaired) electrons. The molecule has 0 aromatic heterocycles. The molecule has 0 heteroatoms. The maximum Gasteiger partial charge on any atom is 0.00886 e. The standard InChI is InChI=1S/C29H52/c1-3-5-7-9-11-13-15-17-19-21-23-25-27-29-28-26-24-22-20-18-16-14-12-10-8-6-4-2/h3-15,20-29H2,1-2H3. The van der Waals surface area contributed by atoms with Gasteiger partial charge < -0.3 is 0 Å². The van der Waals surface area contributed by atoms with Crippen molar-refractivity contribution in [2.24, 2.45) is 0 Å². The number of hydrogen-bond acceptors (Lipinski definition) is 0. The average Bonchev–Trinajstić information content (AvgIpc) is 2.74. The van der Waals surface area contributed by atoms with Crippen molar-refractivity contribution in [3.05, 3.63) is 0 Å². The molecule has 29 heavy (non-hydrogen) atoms. The fraction of sp³-hybridized carbons (Fsp3) is 0.862. The summed E-state index contributed by atoms with van der Waals surface area (Å²) in [6.45, 7) is 4.55. The fourth-order valence-electron chi connectivity index (χ4n) is 3.65. The van der Waals surface area contributed by atoms with E-state index < -0.39 is 0 Å². The van der Waals surface area contributed by atoms with Crippen LogP contribution < -0.4 is 0 Å². The summed E-state index contributed by atoms with van der Waals surface area (Å²) in [5.41, 5.74) is 0. The van der Waals surface area contributed by atoms with Crippen molar-refractivity contribution < 1.29 is 0 Å². The molecule has 0 unspecified atom stereocenters. The molecule has 0 atom stereocenters. The minimum atomic E-state index is 1.12. The molecule has 0 aliphatic heterocycles. The maximum atomic E-state index is 3.38. The van der Waals surface area contributed by atoms with Gasteiger partial charge in [-0.05, 0) is 25.7 Å². The van der Waals surface area contributed by atoms with Crippen LogP contribution >= 0.6 is 0 Å². The smallest absolute Gasteiger partial charge is 0.00886 e. The highest BCUT2D eigenvalue weighted by molar-refractivity contribution is 4.99. The highest BCUT2D eigenvalue weighted by Gasteiger charge is 1.92. The molecule has 0 aliphatic rings. The molecule has 0 heterocycles. The van der Waals surface area contributed by atoms with E-state index in [1.165, 1.54) is 122 Å². The lowest BCUT2D eigenvalue weighted by atomic mass is 10.1. The predicted octanol–water partition coefficient (Wildman–Crippen LogP) is 10.0. The Kier molecular flexibility index (Phi) is 26.3. The van der Waals surface area contributed by atoms with Crippen LogP contribution in [0.2, 0.25) is 0 Å². The fourth-order valence-corrected chi connectivity index (χ4v) is 3.65. The van der Waals surface area contributed by atoms with Gasteiger partial charge in [0.25, 0.3) is 0 Å². The minimum absolute atomic E-state index is 1.12. The van der Waals surface area contributed by atoms with E-state index in [1.54, 1.807) is 0 Å². The van der Waals surface area contributed by atoms with Crippen LogP contribution in [0.4, 0.5) is 0 Å². The van der Waals surface area contributed by atoms with Gasteiger partial charge in [0.1, 0.15) is 0 Å². The van der Waals surface area contributed by atoms with Gasteiger partial charge in [-0.15, -0.1) is 23.7 Å². The Morgan fingerprint density at radius 3 is 0.724 bits per heavy atom. The summed E-state index contributed by atoms with van der Waals surface area (Å²) in [5, 5.41) is 0. The lowest BCUT2D eigenvalue weighted by molar-refractivity contribution is 0.573. The molecule has 0 amide bonds. The first-order chi connectivity index (χ1) is 14.4. The van der Waals surface area contributed by atoms with E-state index in [2.05, 4.69) is 37.5 Å². The molecular formula is C29H52. The van der Waals surface area contributed by atoms with E-state index in [0.29, 0.717) is 0 Å². The molecule has 0 aromatic carbocycles. The van der Waals surface area contributed by atoms with Crippen LogP contribution in [0.5, 0.6) is 0 Å². The third-order valence-corrected chi connectivity index (χ3v) is 5.66. The Labute approximate surface area is 185 Å². The molecule has 0 saturated carbocycles. The summed E-state index contributed by atoms with van der Waals surface area (Å²) in [5.74, 6) is 13.5. The zero-order chi connectivity index (χ0) is 21.1. The van der Waals surface area contributed by atoms with E-state index in [4.69, 9.17) is 0 Å². The molecule has 0 fully saturated rings. The summed E-state index contributed by atoms with van der Waals surface area (Å²) in [6.07, 6.45) is 30.5. The second kappa shape index (κ2) is 27.1. The van der Waals surface area contributed by atoms with E-state index in [0.717, 1.165) is 25.7 Å². The largest absolute Gasteiger partial charge is 0.103 e. The zero-order valence-electron chi connectivity index (χ0n) is 20.3. The first-order valence-corrected chi connectivity index (χ1v) is 13.3. The van der Waals surface area contributed by atoms with Crippen LogP contribution in [0.15, 0.2) is 0 Å². The van der Waals surface area contributed by atoms with Crippen molar-refractivity contribution in [3.63, 3.8) is 0 Å². The van der Waals surface area contributed by atoms with Crippen LogP contribution in [0.3, 0.4) is 0 Å². The summed E-state index contributed by atoms with van der Waals surface area (Å²) in [7, 11) is 0. The van der Waals surface area contributed by atoms with E-state index in [1.807, 2.05) is 0 Å². The Bertz CT molecular complexity index is 411. The van der Waals surface area contributed by atoms with Crippen LogP contribution in [0.25, 0.3) is 0 Å². The van der Waals surface area contributed by atoms with Crippen molar-refractivity contribution in [1.82, 2.24) is 0 Å². The van der Waals surface area contributed by atoms with Gasteiger partial charge in [0.15, 0.2) is 0 Å². The first-order valence-electron chi connectivity index (χ1n) is 13.3. The molecule has 0 N–H and O–H groups in total. The number of rotatable bonds is 20. The van der Waals surface area contributed by atoms with Crippen molar-refractivity contribution in [3.8, 4) is 23.7 Å². The van der Waals surface area contributed by atoms with Gasteiger partial charge in [-0.2, -0.15) is 0 Å². The molecular weight excluding hydrogens is 348 g/mol. The van der Waals surface area contributed by atoms with Crippen LogP contribution in [0, 0.1) is 23.7 Å². The maximum absolute atomic E-state index is 3.38. The third kappa shape index (κ3) is 27.1. The van der Waals surface area contributed by atoms with Gasteiger partial charge in [0, 0.05) is 25.7 Å². The normalized spacial score (nSPS) is 10.3. The van der Waals surface area contributed by atoms with E-state index >= 15 is 0 Å². The first kappa shape index (κ1) is 28.1. The molecule has 0 aliphatic carbocycles. The van der Waals surface area contributed by atoms with Gasteiger partial charge in [0.2, 0.25) is 0 Å². The number of hydrogen-bond donors (Lipinski definition) is 0. The Morgan fingerprint density at radius 2 is 0.483 bits per heavy atom. The highest BCUT2D eigenvalue weighted by atomic mass is 14.0. The lowest BCUT2D eigenvalue weighted by Crippen LogP contribution is -1.81.